The van der Waals surface area contributed by atoms with Gasteiger partial charge in [-0.15, -0.1) is 0 Å². The average molecular weight is 225 g/mol. The predicted octanol–water partition coefficient (Wildman–Crippen LogP) is 3.20. The predicted molar refractivity (Wildman–Crippen MR) is 52.6 cm³/mol. The molecule has 2 nitrogen and oxygen atoms in total. The minimum absolute atomic E-state index is 0.392. The lowest BCUT2D eigenvalue weighted by atomic mass is 10.1. The molecule has 0 bridgehead atoms. The number of hydrogen-bond acceptors (Lipinski definition) is 1. The molecule has 1 radical (unpaired) electrons. The maximum Gasteiger partial charge on any atom is 0.416 e. The van der Waals surface area contributed by atoms with Gasteiger partial charge in [0, 0.05) is 11.3 Å². The Labute approximate surface area is 90.1 Å². The van der Waals surface area contributed by atoms with Gasteiger partial charge < -0.3 is 4.98 Å². The molecule has 0 aliphatic carbocycles. The molecule has 0 saturated heterocycles. The number of hydrogen-bond donors (Lipinski definition) is 1. The van der Waals surface area contributed by atoms with E-state index in [0.717, 1.165) is 12.1 Å². The molecule has 0 unspecified atom stereocenters. The first-order valence-electron chi connectivity index (χ1n) is 4.59. The number of imidazole rings is 1. The van der Waals surface area contributed by atoms with Crippen molar-refractivity contribution in [2.24, 2.45) is 0 Å². The Kier molecular flexibility index (Phi) is 2.46. The molecule has 0 saturated carbocycles. The van der Waals surface area contributed by atoms with E-state index in [2.05, 4.69) is 16.2 Å². The Bertz CT molecular complexity index is 500. The van der Waals surface area contributed by atoms with Gasteiger partial charge >= 0.3 is 6.18 Å². The van der Waals surface area contributed by atoms with Crippen molar-refractivity contribution in [3.05, 3.63) is 41.7 Å². The van der Waals surface area contributed by atoms with Crippen LogP contribution in [-0.4, -0.2) is 9.97 Å². The van der Waals surface area contributed by atoms with Gasteiger partial charge in [0.2, 0.25) is 0 Å². The van der Waals surface area contributed by atoms with Crippen LogP contribution in [0.15, 0.2) is 24.3 Å². The van der Waals surface area contributed by atoms with Crippen molar-refractivity contribution in [1.29, 1.82) is 0 Å². The highest BCUT2D eigenvalue weighted by Gasteiger charge is 2.30. The summed E-state index contributed by atoms with van der Waals surface area (Å²) in [4.78, 5) is 6.70. The number of benzene rings is 1. The summed E-state index contributed by atoms with van der Waals surface area (Å²) in [6.45, 7) is 1.74. The molecule has 83 valence electrons. The van der Waals surface area contributed by atoms with E-state index in [4.69, 9.17) is 0 Å². The van der Waals surface area contributed by atoms with Crippen molar-refractivity contribution in [2.45, 2.75) is 13.1 Å². The third-order valence-electron chi connectivity index (χ3n) is 2.10. The molecule has 1 N–H and O–H groups in total. The topological polar surface area (TPSA) is 28.7 Å². The SMILES string of the molecule is Cc1[c]nc(-c2cccc(C(F)(F)F)c2)[nH]1. The largest absolute Gasteiger partial charge is 0.416 e. The quantitative estimate of drug-likeness (QED) is 0.793. The van der Waals surface area contributed by atoms with Gasteiger partial charge in [-0.05, 0) is 19.1 Å². The second-order valence-corrected chi connectivity index (χ2v) is 3.40. The summed E-state index contributed by atoms with van der Waals surface area (Å²) in [5, 5.41) is 0. The summed E-state index contributed by atoms with van der Waals surface area (Å²) in [6.07, 6.45) is -1.69. The van der Waals surface area contributed by atoms with Crippen molar-refractivity contribution >= 4 is 0 Å². The van der Waals surface area contributed by atoms with Crippen LogP contribution < -0.4 is 0 Å². The van der Waals surface area contributed by atoms with E-state index in [-0.39, 0.29) is 0 Å². The monoisotopic (exact) mass is 225 g/mol. The molecule has 1 aromatic heterocycles. The number of nitrogens with one attached hydrogen (secondary N) is 1. The van der Waals surface area contributed by atoms with Crippen molar-refractivity contribution < 1.29 is 13.2 Å². The van der Waals surface area contributed by atoms with E-state index >= 15 is 0 Å². The van der Waals surface area contributed by atoms with Gasteiger partial charge in [0.05, 0.1) is 5.56 Å². The number of aromatic amines is 1. The van der Waals surface area contributed by atoms with Crippen LogP contribution >= 0.6 is 0 Å². The summed E-state index contributed by atoms with van der Waals surface area (Å²) >= 11 is 0. The average Bonchev–Trinajstić information content (AvgIpc) is 2.64. The van der Waals surface area contributed by atoms with Crippen LogP contribution in [0.25, 0.3) is 11.4 Å². The number of aryl methyl sites for hydroxylation is 1. The lowest BCUT2D eigenvalue weighted by Gasteiger charge is -2.07. The lowest BCUT2D eigenvalue weighted by Crippen LogP contribution is -2.04. The summed E-state index contributed by atoms with van der Waals surface area (Å²) < 4.78 is 37.4. The first kappa shape index (κ1) is 10.7. The van der Waals surface area contributed by atoms with Crippen LogP contribution in [0.4, 0.5) is 13.2 Å². The number of alkyl halides is 3. The fourth-order valence-corrected chi connectivity index (χ4v) is 1.35. The fourth-order valence-electron chi connectivity index (χ4n) is 1.35. The van der Waals surface area contributed by atoms with Crippen LogP contribution in [0.2, 0.25) is 0 Å². The van der Waals surface area contributed by atoms with E-state index in [1.807, 2.05) is 0 Å². The molecule has 1 heterocycles. The van der Waals surface area contributed by atoms with Crippen LogP contribution in [0.5, 0.6) is 0 Å². The molecule has 0 amide bonds. The van der Waals surface area contributed by atoms with E-state index in [0.29, 0.717) is 17.1 Å². The third kappa shape index (κ3) is 2.08. The zero-order valence-corrected chi connectivity index (χ0v) is 8.39. The van der Waals surface area contributed by atoms with E-state index in [1.165, 1.54) is 6.07 Å². The van der Waals surface area contributed by atoms with Gasteiger partial charge in [0.15, 0.2) is 0 Å². The van der Waals surface area contributed by atoms with Crippen LogP contribution in [-0.2, 0) is 6.18 Å². The van der Waals surface area contributed by atoms with E-state index in [9.17, 15) is 13.2 Å². The Morgan fingerprint density at radius 3 is 2.62 bits per heavy atom. The van der Waals surface area contributed by atoms with Crippen molar-refractivity contribution in [3.8, 4) is 11.4 Å². The number of aromatic nitrogens is 2. The first-order chi connectivity index (χ1) is 7.47. The second kappa shape index (κ2) is 3.66. The maximum absolute atomic E-state index is 12.5. The Morgan fingerprint density at radius 2 is 2.06 bits per heavy atom. The molecule has 0 aliphatic rings. The van der Waals surface area contributed by atoms with Crippen molar-refractivity contribution in [2.75, 3.05) is 0 Å². The molecule has 5 heteroatoms. The summed E-state index contributed by atoms with van der Waals surface area (Å²) in [7, 11) is 0. The molecule has 0 atom stereocenters. The molecule has 2 aromatic rings. The molecule has 1 aromatic carbocycles. The van der Waals surface area contributed by atoms with Crippen LogP contribution in [0, 0.1) is 13.1 Å². The normalized spacial score (nSPS) is 11.8. The van der Waals surface area contributed by atoms with Gasteiger partial charge in [-0.2, -0.15) is 13.2 Å². The Hall–Kier alpha value is -1.78. The molecular formula is C11H8F3N2. The van der Waals surface area contributed by atoms with Crippen molar-refractivity contribution in [3.63, 3.8) is 0 Å². The standard InChI is InChI=1S/C11H8F3N2/c1-7-6-15-10(16-7)8-3-2-4-9(5-8)11(12,13)14/h2-5H,1H3,(H,15,16). The van der Waals surface area contributed by atoms with Gasteiger partial charge in [-0.25, -0.2) is 4.98 Å². The zero-order valence-electron chi connectivity index (χ0n) is 8.39. The number of nitrogens with zero attached hydrogens (tertiary/aromatic N) is 1. The number of rotatable bonds is 1. The maximum atomic E-state index is 12.5. The number of halogens is 3. The zero-order chi connectivity index (χ0) is 11.8. The smallest absolute Gasteiger partial charge is 0.341 e. The van der Waals surface area contributed by atoms with E-state index in [1.54, 1.807) is 13.0 Å². The Balaban J connectivity index is 2.44. The lowest BCUT2D eigenvalue weighted by molar-refractivity contribution is -0.137. The highest BCUT2D eigenvalue weighted by molar-refractivity contribution is 5.56. The second-order valence-electron chi connectivity index (χ2n) is 3.40. The molecule has 0 fully saturated rings. The summed E-state index contributed by atoms with van der Waals surface area (Å²) in [5.74, 6) is 0.392. The van der Waals surface area contributed by atoms with Crippen LogP contribution in [0.3, 0.4) is 0 Å². The van der Waals surface area contributed by atoms with Crippen LogP contribution in [0.1, 0.15) is 11.3 Å². The Morgan fingerprint density at radius 1 is 1.31 bits per heavy atom. The third-order valence-corrected chi connectivity index (χ3v) is 2.10. The molecule has 0 spiro atoms. The van der Waals surface area contributed by atoms with E-state index < -0.39 is 11.7 Å². The molecule has 0 aliphatic heterocycles. The fraction of sp³-hybridized carbons (Fsp3) is 0.182. The molecular weight excluding hydrogens is 217 g/mol. The highest BCUT2D eigenvalue weighted by Crippen LogP contribution is 2.31. The summed E-state index contributed by atoms with van der Waals surface area (Å²) in [5.41, 5.74) is 0.408. The minimum Gasteiger partial charge on any atom is -0.341 e. The molecule has 2 rings (SSSR count). The first-order valence-corrected chi connectivity index (χ1v) is 4.59. The minimum atomic E-state index is -4.33. The number of H-pyrrole nitrogens is 1. The van der Waals surface area contributed by atoms with Gasteiger partial charge in [0.1, 0.15) is 12.0 Å². The van der Waals surface area contributed by atoms with Gasteiger partial charge in [0.25, 0.3) is 0 Å². The molecule has 16 heavy (non-hydrogen) atoms. The van der Waals surface area contributed by atoms with Gasteiger partial charge in [-0.3, -0.25) is 0 Å². The van der Waals surface area contributed by atoms with Crippen molar-refractivity contribution in [1.82, 2.24) is 9.97 Å². The summed E-state index contributed by atoms with van der Waals surface area (Å²) in [6, 6.07) is 5.02. The van der Waals surface area contributed by atoms with Gasteiger partial charge in [-0.1, -0.05) is 12.1 Å². The highest BCUT2D eigenvalue weighted by atomic mass is 19.4.